The first-order valence-electron chi connectivity index (χ1n) is 10.8. The van der Waals surface area contributed by atoms with Crippen LogP contribution in [-0.2, 0) is 18.9 Å². The number of unbranched alkanes of at least 4 members (excludes halogenated alkanes) is 10. The fourth-order valence-electron chi connectivity index (χ4n) is 3.95. The predicted octanol–water partition coefficient (Wildman–Crippen LogP) is 6.47. The molecule has 0 aliphatic heterocycles. The number of rotatable bonds is 19. The molecule has 0 spiro atoms. The molecule has 0 aromatic heterocycles. The van der Waals surface area contributed by atoms with Crippen molar-refractivity contribution >= 4 is 0 Å². The van der Waals surface area contributed by atoms with Gasteiger partial charge in [-0.05, 0) is 12.8 Å². The van der Waals surface area contributed by atoms with E-state index in [0.717, 1.165) is 25.7 Å². The first-order valence-corrected chi connectivity index (χ1v) is 10.8. The number of hydrogen-bond donors (Lipinski definition) is 0. The van der Waals surface area contributed by atoms with E-state index >= 15 is 0 Å². The summed E-state index contributed by atoms with van der Waals surface area (Å²) in [5, 5.41) is 0. The second-order valence-corrected chi connectivity index (χ2v) is 7.40. The summed E-state index contributed by atoms with van der Waals surface area (Å²) in [4.78, 5) is 0. The van der Waals surface area contributed by atoms with Crippen LogP contribution in [0.1, 0.15) is 104 Å². The molecule has 0 rings (SSSR count). The largest absolute Gasteiger partial charge is 0.370 e. The van der Waals surface area contributed by atoms with Gasteiger partial charge in [0.2, 0.25) is 0 Å². The van der Waals surface area contributed by atoms with Crippen molar-refractivity contribution in [3.63, 3.8) is 0 Å². The minimum Gasteiger partial charge on any atom is -0.370 e. The van der Waals surface area contributed by atoms with E-state index in [4.69, 9.17) is 18.9 Å². The van der Waals surface area contributed by atoms with Gasteiger partial charge in [0.05, 0.1) is 0 Å². The van der Waals surface area contributed by atoms with E-state index in [1.54, 1.807) is 28.4 Å². The molecule has 4 heteroatoms. The minimum atomic E-state index is -1.14. The zero-order chi connectivity index (χ0) is 19.7. The van der Waals surface area contributed by atoms with Crippen molar-refractivity contribution in [3.05, 3.63) is 0 Å². The van der Waals surface area contributed by atoms with Crippen LogP contribution in [0.3, 0.4) is 0 Å². The molecule has 0 N–H and O–H groups in total. The van der Waals surface area contributed by atoms with Gasteiger partial charge in [-0.25, -0.2) is 0 Å². The molecule has 0 amide bonds. The van der Waals surface area contributed by atoms with E-state index in [2.05, 4.69) is 13.8 Å². The third kappa shape index (κ3) is 8.24. The number of hydrogen-bond acceptors (Lipinski definition) is 4. The molecule has 0 saturated carbocycles. The van der Waals surface area contributed by atoms with E-state index in [-0.39, 0.29) is 0 Å². The topological polar surface area (TPSA) is 36.9 Å². The van der Waals surface area contributed by atoms with Gasteiger partial charge >= 0.3 is 5.97 Å². The normalized spacial score (nSPS) is 12.7. The van der Waals surface area contributed by atoms with Gasteiger partial charge in [0.25, 0.3) is 0 Å². The monoisotopic (exact) mass is 374 g/mol. The highest BCUT2D eigenvalue weighted by Crippen LogP contribution is 2.40. The lowest BCUT2D eigenvalue weighted by atomic mass is 9.86. The van der Waals surface area contributed by atoms with Crippen molar-refractivity contribution in [2.45, 2.75) is 115 Å². The maximum absolute atomic E-state index is 6.06. The molecule has 26 heavy (non-hydrogen) atoms. The highest BCUT2D eigenvalue weighted by Gasteiger charge is 2.53. The van der Waals surface area contributed by atoms with E-state index < -0.39 is 11.6 Å². The van der Waals surface area contributed by atoms with Crippen LogP contribution in [0, 0.1) is 0 Å². The Labute approximate surface area is 163 Å². The molecular weight excluding hydrogens is 328 g/mol. The van der Waals surface area contributed by atoms with Crippen molar-refractivity contribution in [3.8, 4) is 0 Å². The number of methoxy groups -OCH3 is 4. The van der Waals surface area contributed by atoms with Crippen LogP contribution in [-0.4, -0.2) is 40.0 Å². The smallest absolute Gasteiger partial charge is 0.313 e. The van der Waals surface area contributed by atoms with Crippen LogP contribution in [0.2, 0.25) is 0 Å². The Kier molecular flexibility index (Phi) is 15.8. The first-order chi connectivity index (χ1) is 12.6. The SMILES string of the molecule is CCCCCCCCC(CCCCCCCC)(OC)C(OC)(OC)OC. The van der Waals surface area contributed by atoms with Crippen LogP contribution in [0.15, 0.2) is 0 Å². The van der Waals surface area contributed by atoms with E-state index in [9.17, 15) is 0 Å². The van der Waals surface area contributed by atoms with Gasteiger partial charge in [-0.3, -0.25) is 0 Å². The standard InChI is InChI=1S/C22H46O4/c1-7-9-11-13-15-17-19-21(23-3,22(24-4,25-5)26-6)20-18-16-14-12-10-8-2/h7-20H2,1-6H3. The molecule has 0 aromatic rings. The minimum absolute atomic E-state index is 0.569. The van der Waals surface area contributed by atoms with Gasteiger partial charge in [0.15, 0.2) is 0 Å². The highest BCUT2D eigenvalue weighted by atomic mass is 16.9. The molecule has 4 nitrogen and oxygen atoms in total. The molecule has 0 unspecified atom stereocenters. The summed E-state index contributed by atoms with van der Waals surface area (Å²) in [6, 6.07) is 0. The molecule has 0 fully saturated rings. The second-order valence-electron chi connectivity index (χ2n) is 7.40. The van der Waals surface area contributed by atoms with Gasteiger partial charge < -0.3 is 18.9 Å². The molecule has 0 saturated heterocycles. The van der Waals surface area contributed by atoms with Crippen LogP contribution < -0.4 is 0 Å². The lowest BCUT2D eigenvalue weighted by molar-refractivity contribution is -0.425. The predicted molar refractivity (Wildman–Crippen MR) is 109 cm³/mol. The third-order valence-corrected chi connectivity index (χ3v) is 5.62. The summed E-state index contributed by atoms with van der Waals surface area (Å²) < 4.78 is 23.2. The zero-order valence-electron chi connectivity index (χ0n) is 18.5. The summed E-state index contributed by atoms with van der Waals surface area (Å²) in [5.74, 6) is -1.14. The van der Waals surface area contributed by atoms with Gasteiger partial charge in [-0.2, -0.15) is 0 Å². The summed E-state index contributed by atoms with van der Waals surface area (Å²) in [5.41, 5.74) is -0.569. The molecule has 0 aromatic carbocycles. The molecular formula is C22H46O4. The fourth-order valence-corrected chi connectivity index (χ4v) is 3.95. The highest BCUT2D eigenvalue weighted by molar-refractivity contribution is 4.90. The Hall–Kier alpha value is -0.160. The Morgan fingerprint density at radius 1 is 0.462 bits per heavy atom. The maximum atomic E-state index is 6.06. The van der Waals surface area contributed by atoms with E-state index in [1.807, 2.05) is 0 Å². The maximum Gasteiger partial charge on any atom is 0.313 e. The summed E-state index contributed by atoms with van der Waals surface area (Å²) >= 11 is 0. The van der Waals surface area contributed by atoms with Crippen molar-refractivity contribution in [2.24, 2.45) is 0 Å². The Bertz CT molecular complexity index is 278. The van der Waals surface area contributed by atoms with Gasteiger partial charge in [0, 0.05) is 28.4 Å². The zero-order valence-corrected chi connectivity index (χ0v) is 18.5. The van der Waals surface area contributed by atoms with Gasteiger partial charge in [-0.15, -0.1) is 0 Å². The third-order valence-electron chi connectivity index (χ3n) is 5.62. The van der Waals surface area contributed by atoms with Crippen molar-refractivity contribution in [1.29, 1.82) is 0 Å². The lowest BCUT2D eigenvalue weighted by Crippen LogP contribution is -2.59. The van der Waals surface area contributed by atoms with Crippen LogP contribution in [0.5, 0.6) is 0 Å². The Balaban J connectivity index is 4.81. The summed E-state index contributed by atoms with van der Waals surface area (Å²) in [6.45, 7) is 4.50. The molecule has 0 atom stereocenters. The molecule has 0 aliphatic rings. The lowest BCUT2D eigenvalue weighted by Gasteiger charge is -2.46. The van der Waals surface area contributed by atoms with Crippen molar-refractivity contribution in [1.82, 2.24) is 0 Å². The Morgan fingerprint density at radius 2 is 0.808 bits per heavy atom. The van der Waals surface area contributed by atoms with Crippen molar-refractivity contribution in [2.75, 3.05) is 28.4 Å². The molecule has 0 heterocycles. The van der Waals surface area contributed by atoms with Crippen LogP contribution >= 0.6 is 0 Å². The van der Waals surface area contributed by atoms with Crippen molar-refractivity contribution < 1.29 is 18.9 Å². The van der Waals surface area contributed by atoms with Gasteiger partial charge in [0.1, 0.15) is 5.60 Å². The molecule has 0 radical (unpaired) electrons. The number of ether oxygens (including phenoxy) is 4. The second kappa shape index (κ2) is 15.9. The first kappa shape index (κ1) is 25.8. The van der Waals surface area contributed by atoms with Crippen LogP contribution in [0.4, 0.5) is 0 Å². The van der Waals surface area contributed by atoms with E-state index in [1.165, 1.54) is 64.2 Å². The summed E-state index contributed by atoms with van der Waals surface area (Å²) in [6.07, 6.45) is 16.8. The average Bonchev–Trinajstić information content (AvgIpc) is 2.68. The molecule has 0 aliphatic carbocycles. The molecule has 158 valence electrons. The van der Waals surface area contributed by atoms with Crippen LogP contribution in [0.25, 0.3) is 0 Å². The molecule has 0 bridgehead atoms. The Morgan fingerprint density at radius 3 is 1.12 bits per heavy atom. The average molecular weight is 375 g/mol. The quantitative estimate of drug-likeness (QED) is 0.192. The summed E-state index contributed by atoms with van der Waals surface area (Å²) in [7, 11) is 6.69. The van der Waals surface area contributed by atoms with Gasteiger partial charge in [-0.1, -0.05) is 90.9 Å². The fraction of sp³-hybridized carbons (Fsp3) is 1.00. The van der Waals surface area contributed by atoms with E-state index in [0.29, 0.717) is 0 Å².